The molecule has 2 aromatic rings. The van der Waals surface area contributed by atoms with E-state index in [4.69, 9.17) is 4.74 Å². The van der Waals surface area contributed by atoms with E-state index in [-0.39, 0.29) is 0 Å². The number of aldehydes is 1. The van der Waals surface area contributed by atoms with E-state index in [1.54, 1.807) is 25.3 Å². The lowest BCUT2D eigenvalue weighted by Crippen LogP contribution is -1.82. The van der Waals surface area contributed by atoms with E-state index in [0.29, 0.717) is 5.69 Å². The molecule has 0 fully saturated rings. The molecule has 0 saturated carbocycles. The first-order valence-electron chi connectivity index (χ1n) is 3.82. The van der Waals surface area contributed by atoms with Crippen LogP contribution in [0.15, 0.2) is 18.2 Å². The molecule has 13 heavy (non-hydrogen) atoms. The maximum Gasteiger partial charge on any atom is 0.168 e. The van der Waals surface area contributed by atoms with Crippen LogP contribution in [0.4, 0.5) is 0 Å². The second-order valence-electron chi connectivity index (χ2n) is 2.64. The quantitative estimate of drug-likeness (QED) is 0.703. The fourth-order valence-electron chi connectivity index (χ4n) is 1.23. The van der Waals surface area contributed by atoms with Crippen LogP contribution >= 0.6 is 0 Å². The SMILES string of the molecule is COc1ccc2n[nH]c(C=O)c2c1. The number of H-pyrrole nitrogens is 1. The molecule has 0 atom stereocenters. The van der Waals surface area contributed by atoms with Crippen molar-refractivity contribution in [2.45, 2.75) is 0 Å². The van der Waals surface area contributed by atoms with E-state index in [2.05, 4.69) is 10.2 Å². The van der Waals surface area contributed by atoms with E-state index >= 15 is 0 Å². The van der Waals surface area contributed by atoms with Crippen LogP contribution in [-0.2, 0) is 0 Å². The van der Waals surface area contributed by atoms with Crippen LogP contribution < -0.4 is 4.74 Å². The van der Waals surface area contributed by atoms with Crippen molar-refractivity contribution in [2.24, 2.45) is 0 Å². The van der Waals surface area contributed by atoms with Gasteiger partial charge in [-0.3, -0.25) is 9.89 Å². The highest BCUT2D eigenvalue weighted by molar-refractivity contribution is 5.95. The largest absolute Gasteiger partial charge is 0.497 e. The summed E-state index contributed by atoms with van der Waals surface area (Å²) in [6, 6.07) is 5.39. The fourth-order valence-corrected chi connectivity index (χ4v) is 1.23. The highest BCUT2D eigenvalue weighted by atomic mass is 16.5. The Morgan fingerprint density at radius 1 is 1.54 bits per heavy atom. The molecule has 0 aliphatic carbocycles. The zero-order chi connectivity index (χ0) is 9.26. The monoisotopic (exact) mass is 176 g/mol. The van der Waals surface area contributed by atoms with Gasteiger partial charge >= 0.3 is 0 Å². The van der Waals surface area contributed by atoms with Crippen molar-refractivity contribution in [3.05, 3.63) is 23.9 Å². The van der Waals surface area contributed by atoms with Gasteiger partial charge in [0, 0.05) is 5.39 Å². The van der Waals surface area contributed by atoms with Crippen LogP contribution in [0.25, 0.3) is 10.9 Å². The van der Waals surface area contributed by atoms with Gasteiger partial charge in [0.05, 0.1) is 12.6 Å². The van der Waals surface area contributed by atoms with Gasteiger partial charge in [-0.2, -0.15) is 5.10 Å². The molecule has 0 radical (unpaired) electrons. The molecule has 0 saturated heterocycles. The molecule has 1 aromatic carbocycles. The summed E-state index contributed by atoms with van der Waals surface area (Å²) in [6.07, 6.45) is 0.745. The highest BCUT2D eigenvalue weighted by Gasteiger charge is 2.04. The zero-order valence-electron chi connectivity index (χ0n) is 7.07. The van der Waals surface area contributed by atoms with Gasteiger partial charge in [-0.15, -0.1) is 0 Å². The minimum absolute atomic E-state index is 0.480. The van der Waals surface area contributed by atoms with Gasteiger partial charge in [0.2, 0.25) is 0 Å². The third-order valence-corrected chi connectivity index (χ3v) is 1.91. The van der Waals surface area contributed by atoms with Crippen molar-refractivity contribution in [3.8, 4) is 5.75 Å². The topological polar surface area (TPSA) is 55.0 Å². The number of ether oxygens (including phenoxy) is 1. The van der Waals surface area contributed by atoms with Gasteiger partial charge in [0.25, 0.3) is 0 Å². The average Bonchev–Trinajstić information content (AvgIpc) is 2.59. The molecule has 66 valence electrons. The number of carbonyl (C=O) groups excluding carboxylic acids is 1. The minimum atomic E-state index is 0.480. The molecule has 4 nitrogen and oxygen atoms in total. The number of benzene rings is 1. The number of carbonyl (C=O) groups is 1. The molecule has 0 bridgehead atoms. The molecule has 0 aliphatic rings. The molecule has 1 heterocycles. The van der Waals surface area contributed by atoms with Crippen LogP contribution in [0.5, 0.6) is 5.75 Å². The summed E-state index contributed by atoms with van der Waals surface area (Å²) in [5.74, 6) is 0.719. The Hall–Kier alpha value is -1.84. The van der Waals surface area contributed by atoms with Gasteiger partial charge in [0.1, 0.15) is 11.4 Å². The van der Waals surface area contributed by atoms with E-state index < -0.39 is 0 Å². The Kier molecular flexibility index (Phi) is 1.73. The van der Waals surface area contributed by atoms with Crippen molar-refractivity contribution in [3.63, 3.8) is 0 Å². The van der Waals surface area contributed by atoms with Crippen LogP contribution in [0.1, 0.15) is 10.5 Å². The molecular formula is C9H8N2O2. The van der Waals surface area contributed by atoms with Gasteiger partial charge in [-0.25, -0.2) is 0 Å². The fraction of sp³-hybridized carbons (Fsp3) is 0.111. The number of nitrogens with one attached hydrogen (secondary N) is 1. The van der Waals surface area contributed by atoms with Crippen molar-refractivity contribution < 1.29 is 9.53 Å². The molecule has 1 aromatic heterocycles. The number of hydrogen-bond donors (Lipinski definition) is 1. The molecule has 0 amide bonds. The maximum atomic E-state index is 10.6. The second kappa shape index (κ2) is 2.90. The predicted octanol–water partition coefficient (Wildman–Crippen LogP) is 1.38. The molecule has 0 unspecified atom stereocenters. The van der Waals surface area contributed by atoms with Crippen LogP contribution in [0, 0.1) is 0 Å². The van der Waals surface area contributed by atoms with E-state index in [1.165, 1.54) is 0 Å². The Morgan fingerprint density at radius 3 is 3.08 bits per heavy atom. The van der Waals surface area contributed by atoms with Gasteiger partial charge in [0.15, 0.2) is 6.29 Å². The first-order valence-corrected chi connectivity index (χ1v) is 3.82. The second-order valence-corrected chi connectivity index (χ2v) is 2.64. The maximum absolute atomic E-state index is 10.6. The van der Waals surface area contributed by atoms with Crippen LogP contribution in [0.3, 0.4) is 0 Å². The minimum Gasteiger partial charge on any atom is -0.497 e. The van der Waals surface area contributed by atoms with Crippen molar-refractivity contribution in [1.82, 2.24) is 10.2 Å². The summed E-state index contributed by atoms with van der Waals surface area (Å²) in [5.41, 5.74) is 1.25. The summed E-state index contributed by atoms with van der Waals surface area (Å²) >= 11 is 0. The first-order chi connectivity index (χ1) is 6.35. The molecular weight excluding hydrogens is 168 g/mol. The highest BCUT2D eigenvalue weighted by Crippen LogP contribution is 2.20. The Morgan fingerprint density at radius 2 is 2.38 bits per heavy atom. The third kappa shape index (κ3) is 1.16. The number of fused-ring (bicyclic) bond motifs is 1. The van der Waals surface area contributed by atoms with E-state index in [1.807, 2.05) is 0 Å². The number of rotatable bonds is 2. The lowest BCUT2D eigenvalue weighted by atomic mass is 10.2. The Bertz CT molecular complexity index is 448. The number of aromatic amines is 1. The number of nitrogens with zero attached hydrogens (tertiary/aromatic N) is 1. The molecule has 1 N–H and O–H groups in total. The Balaban J connectivity index is 2.71. The molecule has 2 rings (SSSR count). The summed E-state index contributed by atoms with van der Waals surface area (Å²) in [5, 5.41) is 7.38. The summed E-state index contributed by atoms with van der Waals surface area (Å²) in [6.45, 7) is 0. The number of hydrogen-bond acceptors (Lipinski definition) is 3. The van der Waals surface area contributed by atoms with Gasteiger partial charge < -0.3 is 4.74 Å². The first kappa shape index (κ1) is 7.79. The Labute approximate surface area is 74.5 Å². The standard InChI is InChI=1S/C9H8N2O2/c1-13-6-2-3-8-7(4-6)9(5-12)11-10-8/h2-5H,1H3,(H,10,11). The van der Waals surface area contributed by atoms with Gasteiger partial charge in [-0.1, -0.05) is 0 Å². The summed E-state index contributed by atoms with van der Waals surface area (Å²) < 4.78 is 5.03. The smallest absolute Gasteiger partial charge is 0.168 e. The van der Waals surface area contributed by atoms with Crippen molar-refractivity contribution in [1.29, 1.82) is 0 Å². The normalized spacial score (nSPS) is 10.2. The van der Waals surface area contributed by atoms with Crippen LogP contribution in [-0.4, -0.2) is 23.6 Å². The molecule has 4 heteroatoms. The summed E-state index contributed by atoms with van der Waals surface area (Å²) in [7, 11) is 1.59. The van der Waals surface area contributed by atoms with Crippen molar-refractivity contribution >= 4 is 17.2 Å². The molecule has 0 aliphatic heterocycles. The number of methoxy groups -OCH3 is 1. The third-order valence-electron chi connectivity index (χ3n) is 1.91. The number of aromatic nitrogens is 2. The summed E-state index contributed by atoms with van der Waals surface area (Å²) in [4.78, 5) is 10.6. The lowest BCUT2D eigenvalue weighted by molar-refractivity contribution is 0.112. The van der Waals surface area contributed by atoms with E-state index in [9.17, 15) is 4.79 Å². The average molecular weight is 176 g/mol. The lowest BCUT2D eigenvalue weighted by Gasteiger charge is -1.97. The van der Waals surface area contributed by atoms with Crippen molar-refractivity contribution in [2.75, 3.05) is 7.11 Å². The zero-order valence-corrected chi connectivity index (χ0v) is 7.07. The van der Waals surface area contributed by atoms with E-state index in [0.717, 1.165) is 22.9 Å². The molecule has 0 spiro atoms. The van der Waals surface area contributed by atoms with Gasteiger partial charge in [-0.05, 0) is 18.2 Å². The van der Waals surface area contributed by atoms with Crippen LogP contribution in [0.2, 0.25) is 0 Å². The predicted molar refractivity (Wildman–Crippen MR) is 48.0 cm³/mol.